The minimum atomic E-state index is 0.177. The van der Waals surface area contributed by atoms with Gasteiger partial charge in [0.15, 0.2) is 0 Å². The Kier molecular flexibility index (Phi) is 4.57. The van der Waals surface area contributed by atoms with Crippen LogP contribution in [0.5, 0.6) is 0 Å². The molecule has 94 valence electrons. The minimum Gasteiger partial charge on any atom is -0.329 e. The summed E-state index contributed by atoms with van der Waals surface area (Å²) < 4.78 is 0. The highest BCUT2D eigenvalue weighted by molar-refractivity contribution is 4.97. The summed E-state index contributed by atoms with van der Waals surface area (Å²) in [6.07, 6.45) is 6.93. The molecule has 1 aliphatic carbocycles. The van der Waals surface area contributed by atoms with E-state index < -0.39 is 0 Å². The lowest BCUT2D eigenvalue weighted by Crippen LogP contribution is -2.54. The highest BCUT2D eigenvalue weighted by Gasteiger charge is 2.37. The molecule has 1 aliphatic rings. The molecule has 2 heteroatoms. The Hall–Kier alpha value is -0.340. The van der Waals surface area contributed by atoms with Crippen LogP contribution in [0.2, 0.25) is 0 Å². The van der Waals surface area contributed by atoms with E-state index >= 15 is 0 Å². The van der Waals surface area contributed by atoms with Crippen molar-refractivity contribution < 1.29 is 0 Å². The summed E-state index contributed by atoms with van der Waals surface area (Å²) in [5, 5.41) is 3.56. The molecule has 0 bridgehead atoms. The van der Waals surface area contributed by atoms with Gasteiger partial charge in [-0.3, -0.25) is 0 Å². The summed E-state index contributed by atoms with van der Waals surface area (Å²) in [5.74, 6) is 0.845. The molecule has 0 radical (unpaired) electrons. The average molecular weight is 224 g/mol. The van der Waals surface area contributed by atoms with Gasteiger partial charge in [-0.15, -0.1) is 6.58 Å². The normalized spacial score (nSPS) is 31.4. The van der Waals surface area contributed by atoms with Gasteiger partial charge in [-0.2, -0.15) is 0 Å². The van der Waals surface area contributed by atoms with Crippen molar-refractivity contribution in [1.82, 2.24) is 5.32 Å². The Morgan fingerprint density at radius 2 is 1.94 bits per heavy atom. The molecule has 0 aromatic carbocycles. The predicted molar refractivity (Wildman–Crippen MR) is 71.4 cm³/mol. The topological polar surface area (TPSA) is 38.0 Å². The molecule has 0 atom stereocenters. The van der Waals surface area contributed by atoms with Gasteiger partial charge in [-0.05, 0) is 37.0 Å². The average Bonchev–Trinajstić information content (AvgIpc) is 2.26. The standard InChI is InChI=1S/C14H28N2/c1-5-10-16-14(11-15)8-6-12(7-9-14)13(2,3)4/h5,12,16H,1,6-11,15H2,2-4H3. The number of nitrogens with two attached hydrogens (primary N) is 1. The molecule has 0 aromatic heterocycles. The zero-order chi connectivity index (χ0) is 12.2. The first-order valence-electron chi connectivity index (χ1n) is 6.49. The first-order valence-corrected chi connectivity index (χ1v) is 6.49. The third-order valence-electron chi connectivity index (χ3n) is 4.18. The minimum absolute atomic E-state index is 0.177. The van der Waals surface area contributed by atoms with E-state index in [4.69, 9.17) is 5.73 Å². The smallest absolute Gasteiger partial charge is 0.0307 e. The van der Waals surface area contributed by atoms with Gasteiger partial charge < -0.3 is 11.1 Å². The SMILES string of the molecule is C=CCNC1(CN)CCC(C(C)(C)C)CC1. The fourth-order valence-electron chi connectivity index (χ4n) is 2.78. The van der Waals surface area contributed by atoms with E-state index in [9.17, 15) is 0 Å². The maximum atomic E-state index is 5.94. The second-order valence-electron chi connectivity index (χ2n) is 6.29. The second-order valence-corrected chi connectivity index (χ2v) is 6.29. The Bertz CT molecular complexity index is 219. The maximum Gasteiger partial charge on any atom is 0.0307 e. The van der Waals surface area contributed by atoms with Crippen molar-refractivity contribution >= 4 is 0 Å². The monoisotopic (exact) mass is 224 g/mol. The van der Waals surface area contributed by atoms with Crippen LogP contribution in [0, 0.1) is 11.3 Å². The molecule has 3 N–H and O–H groups in total. The van der Waals surface area contributed by atoms with Crippen molar-refractivity contribution in [3.63, 3.8) is 0 Å². The number of nitrogens with one attached hydrogen (secondary N) is 1. The molecule has 1 saturated carbocycles. The fraction of sp³-hybridized carbons (Fsp3) is 0.857. The van der Waals surface area contributed by atoms with Crippen LogP contribution in [0.25, 0.3) is 0 Å². The van der Waals surface area contributed by atoms with Crippen molar-refractivity contribution in [3.05, 3.63) is 12.7 Å². The number of rotatable bonds is 4. The first kappa shape index (κ1) is 13.7. The summed E-state index contributed by atoms with van der Waals surface area (Å²) in [6, 6.07) is 0. The Morgan fingerprint density at radius 1 is 1.38 bits per heavy atom. The summed E-state index contributed by atoms with van der Waals surface area (Å²) in [6.45, 7) is 12.4. The van der Waals surface area contributed by atoms with Gasteiger partial charge in [0.2, 0.25) is 0 Å². The molecule has 1 rings (SSSR count). The predicted octanol–water partition coefficient (Wildman–Crippen LogP) is 2.70. The number of hydrogen-bond donors (Lipinski definition) is 2. The zero-order valence-electron chi connectivity index (χ0n) is 11.2. The lowest BCUT2D eigenvalue weighted by Gasteiger charge is -2.44. The van der Waals surface area contributed by atoms with Gasteiger partial charge >= 0.3 is 0 Å². The van der Waals surface area contributed by atoms with Gasteiger partial charge in [0.25, 0.3) is 0 Å². The maximum absolute atomic E-state index is 5.94. The highest BCUT2D eigenvalue weighted by atomic mass is 15.0. The lowest BCUT2D eigenvalue weighted by molar-refractivity contribution is 0.120. The van der Waals surface area contributed by atoms with Crippen LogP contribution in [0.3, 0.4) is 0 Å². The van der Waals surface area contributed by atoms with E-state index in [0.29, 0.717) is 5.41 Å². The van der Waals surface area contributed by atoms with E-state index in [2.05, 4.69) is 32.7 Å². The molecule has 16 heavy (non-hydrogen) atoms. The van der Waals surface area contributed by atoms with Crippen LogP contribution >= 0.6 is 0 Å². The molecule has 2 nitrogen and oxygen atoms in total. The summed E-state index contributed by atoms with van der Waals surface area (Å²) >= 11 is 0. The molecule has 0 saturated heterocycles. The van der Waals surface area contributed by atoms with Crippen molar-refractivity contribution in [2.24, 2.45) is 17.1 Å². The lowest BCUT2D eigenvalue weighted by atomic mass is 9.67. The molecule has 0 spiro atoms. The van der Waals surface area contributed by atoms with Crippen molar-refractivity contribution in [2.75, 3.05) is 13.1 Å². The zero-order valence-corrected chi connectivity index (χ0v) is 11.2. The molecule has 0 unspecified atom stereocenters. The Morgan fingerprint density at radius 3 is 2.31 bits per heavy atom. The van der Waals surface area contributed by atoms with E-state index in [1.165, 1.54) is 25.7 Å². The van der Waals surface area contributed by atoms with E-state index in [-0.39, 0.29) is 5.54 Å². The van der Waals surface area contributed by atoms with Crippen LogP contribution in [-0.2, 0) is 0 Å². The van der Waals surface area contributed by atoms with Crippen molar-refractivity contribution in [3.8, 4) is 0 Å². The third kappa shape index (κ3) is 3.33. The molecule has 1 fully saturated rings. The molecular weight excluding hydrogens is 196 g/mol. The highest BCUT2D eigenvalue weighted by Crippen LogP contribution is 2.40. The fourth-order valence-corrected chi connectivity index (χ4v) is 2.78. The van der Waals surface area contributed by atoms with Crippen LogP contribution in [0.15, 0.2) is 12.7 Å². The van der Waals surface area contributed by atoms with E-state index in [1.807, 2.05) is 6.08 Å². The summed E-state index contributed by atoms with van der Waals surface area (Å²) in [5.41, 5.74) is 6.56. The Labute approximate surface area is 101 Å². The van der Waals surface area contributed by atoms with Crippen molar-refractivity contribution in [1.29, 1.82) is 0 Å². The van der Waals surface area contributed by atoms with Gasteiger partial charge in [0, 0.05) is 18.6 Å². The third-order valence-corrected chi connectivity index (χ3v) is 4.18. The van der Waals surface area contributed by atoms with E-state index in [1.54, 1.807) is 0 Å². The van der Waals surface area contributed by atoms with Gasteiger partial charge in [0.1, 0.15) is 0 Å². The van der Waals surface area contributed by atoms with Crippen LogP contribution in [0.4, 0.5) is 0 Å². The summed E-state index contributed by atoms with van der Waals surface area (Å²) in [4.78, 5) is 0. The van der Waals surface area contributed by atoms with Gasteiger partial charge in [0.05, 0.1) is 0 Å². The second kappa shape index (κ2) is 5.33. The van der Waals surface area contributed by atoms with Gasteiger partial charge in [-0.25, -0.2) is 0 Å². The number of hydrogen-bond acceptors (Lipinski definition) is 2. The van der Waals surface area contributed by atoms with Crippen LogP contribution in [-0.4, -0.2) is 18.6 Å². The van der Waals surface area contributed by atoms with E-state index in [0.717, 1.165) is 19.0 Å². The molecule has 0 aromatic rings. The quantitative estimate of drug-likeness (QED) is 0.721. The van der Waals surface area contributed by atoms with Crippen LogP contribution in [0.1, 0.15) is 46.5 Å². The molecule has 0 heterocycles. The molecule has 0 aliphatic heterocycles. The van der Waals surface area contributed by atoms with Crippen LogP contribution < -0.4 is 11.1 Å². The Balaban J connectivity index is 2.53. The first-order chi connectivity index (χ1) is 7.43. The summed E-state index contributed by atoms with van der Waals surface area (Å²) in [7, 11) is 0. The molecular formula is C14H28N2. The molecule has 0 amide bonds. The van der Waals surface area contributed by atoms with Gasteiger partial charge in [-0.1, -0.05) is 26.8 Å². The largest absolute Gasteiger partial charge is 0.329 e. The van der Waals surface area contributed by atoms with Crippen molar-refractivity contribution in [2.45, 2.75) is 52.0 Å².